The van der Waals surface area contributed by atoms with Crippen LogP contribution in [0, 0.1) is 11.3 Å². The van der Waals surface area contributed by atoms with Crippen LogP contribution in [0.1, 0.15) is 5.69 Å². The fourth-order valence-electron chi connectivity index (χ4n) is 1.30. The van der Waals surface area contributed by atoms with Crippen LogP contribution in [0.4, 0.5) is 13.2 Å². The lowest BCUT2D eigenvalue weighted by Gasteiger charge is -2.11. The van der Waals surface area contributed by atoms with Crippen molar-refractivity contribution in [1.29, 1.82) is 5.26 Å². The lowest BCUT2D eigenvalue weighted by Crippen LogP contribution is -2.17. The minimum Gasteiger partial charge on any atom is -0.437 e. The van der Waals surface area contributed by atoms with Crippen LogP contribution in [0.2, 0.25) is 0 Å². The van der Waals surface area contributed by atoms with Crippen molar-refractivity contribution in [2.24, 2.45) is 0 Å². The SMILES string of the molecule is N#Cc1cnc(Oc2ccc(OC(F)(F)F)c(Br)c2)cn1. The highest BCUT2D eigenvalue weighted by atomic mass is 79.9. The first-order valence-corrected chi connectivity index (χ1v) is 6.12. The monoisotopic (exact) mass is 359 g/mol. The molecule has 1 aromatic carbocycles. The van der Waals surface area contributed by atoms with Crippen LogP contribution in [-0.4, -0.2) is 16.3 Å². The number of alkyl halides is 3. The van der Waals surface area contributed by atoms with Gasteiger partial charge in [-0.05, 0) is 34.1 Å². The maximum Gasteiger partial charge on any atom is 0.573 e. The van der Waals surface area contributed by atoms with Crippen LogP contribution in [0.25, 0.3) is 0 Å². The molecule has 0 N–H and O–H groups in total. The molecule has 2 rings (SSSR count). The van der Waals surface area contributed by atoms with Gasteiger partial charge in [-0.15, -0.1) is 13.2 Å². The van der Waals surface area contributed by atoms with Gasteiger partial charge in [0.05, 0.1) is 16.9 Å². The molecule has 0 aliphatic carbocycles. The van der Waals surface area contributed by atoms with E-state index in [1.807, 2.05) is 0 Å². The smallest absolute Gasteiger partial charge is 0.437 e. The van der Waals surface area contributed by atoms with Crippen LogP contribution in [-0.2, 0) is 0 Å². The van der Waals surface area contributed by atoms with Gasteiger partial charge in [0.2, 0.25) is 5.88 Å². The Morgan fingerprint density at radius 1 is 1.19 bits per heavy atom. The molecule has 0 saturated heterocycles. The third-order valence-corrected chi connectivity index (χ3v) is 2.71. The van der Waals surface area contributed by atoms with E-state index in [4.69, 9.17) is 10.00 Å². The minimum atomic E-state index is -4.77. The van der Waals surface area contributed by atoms with Crippen molar-refractivity contribution >= 4 is 15.9 Å². The van der Waals surface area contributed by atoms with Crippen LogP contribution < -0.4 is 9.47 Å². The quantitative estimate of drug-likeness (QED) is 0.833. The van der Waals surface area contributed by atoms with E-state index < -0.39 is 6.36 Å². The fraction of sp³-hybridized carbons (Fsp3) is 0.0833. The zero-order valence-corrected chi connectivity index (χ0v) is 11.6. The second-order valence-electron chi connectivity index (χ2n) is 3.59. The van der Waals surface area contributed by atoms with Crippen LogP contribution in [0.15, 0.2) is 35.1 Å². The molecule has 108 valence electrons. The Morgan fingerprint density at radius 2 is 1.95 bits per heavy atom. The molecule has 0 aliphatic heterocycles. The summed E-state index contributed by atoms with van der Waals surface area (Å²) >= 11 is 2.95. The van der Waals surface area contributed by atoms with Gasteiger partial charge in [-0.1, -0.05) is 0 Å². The summed E-state index contributed by atoms with van der Waals surface area (Å²) in [7, 11) is 0. The van der Waals surface area contributed by atoms with Gasteiger partial charge in [-0.25, -0.2) is 9.97 Å². The molecule has 21 heavy (non-hydrogen) atoms. The summed E-state index contributed by atoms with van der Waals surface area (Å²) in [5.41, 5.74) is 0.123. The number of rotatable bonds is 3. The third kappa shape index (κ3) is 4.32. The Hall–Kier alpha value is -2.34. The van der Waals surface area contributed by atoms with Crippen molar-refractivity contribution in [2.45, 2.75) is 6.36 Å². The second-order valence-corrected chi connectivity index (χ2v) is 4.45. The molecule has 0 atom stereocenters. The van der Waals surface area contributed by atoms with Gasteiger partial charge in [-0.3, -0.25) is 0 Å². The average Bonchev–Trinajstić information content (AvgIpc) is 2.41. The van der Waals surface area contributed by atoms with Gasteiger partial charge >= 0.3 is 6.36 Å². The number of nitriles is 1. The van der Waals surface area contributed by atoms with Gasteiger partial charge in [-0.2, -0.15) is 5.26 Å². The molecule has 0 amide bonds. The number of hydrogen-bond donors (Lipinski definition) is 0. The molecule has 0 aliphatic rings. The highest BCUT2D eigenvalue weighted by Crippen LogP contribution is 2.34. The van der Waals surface area contributed by atoms with Gasteiger partial charge < -0.3 is 9.47 Å². The van der Waals surface area contributed by atoms with Crippen molar-refractivity contribution in [3.05, 3.63) is 40.8 Å². The number of halogens is 4. The van der Waals surface area contributed by atoms with Crippen molar-refractivity contribution < 1.29 is 22.6 Å². The molecule has 0 saturated carbocycles. The molecule has 2 aromatic rings. The van der Waals surface area contributed by atoms with Crippen LogP contribution in [0.3, 0.4) is 0 Å². The van der Waals surface area contributed by atoms with Gasteiger partial charge in [0, 0.05) is 0 Å². The number of nitrogens with zero attached hydrogens (tertiary/aromatic N) is 3. The Balaban J connectivity index is 2.14. The summed E-state index contributed by atoms with van der Waals surface area (Å²) in [6.45, 7) is 0. The third-order valence-electron chi connectivity index (χ3n) is 2.09. The molecule has 1 aromatic heterocycles. The summed E-state index contributed by atoms with van der Waals surface area (Å²) in [6, 6.07) is 5.47. The predicted octanol–water partition coefficient (Wildman–Crippen LogP) is 3.80. The number of aromatic nitrogens is 2. The molecule has 1 heterocycles. The van der Waals surface area contributed by atoms with Crippen LogP contribution >= 0.6 is 15.9 Å². The zero-order chi connectivity index (χ0) is 15.5. The maximum absolute atomic E-state index is 12.1. The van der Waals surface area contributed by atoms with E-state index in [1.165, 1.54) is 24.5 Å². The Labute approximate surface area is 125 Å². The first-order chi connectivity index (χ1) is 9.87. The highest BCUT2D eigenvalue weighted by Gasteiger charge is 2.32. The standard InChI is InChI=1S/C12H5BrF3N3O2/c13-9-3-8(1-2-10(9)21-12(14,15)16)20-11-6-18-7(4-17)5-19-11/h1-3,5-6H. The van der Waals surface area contributed by atoms with E-state index in [-0.39, 0.29) is 27.5 Å². The van der Waals surface area contributed by atoms with Crippen molar-refractivity contribution in [1.82, 2.24) is 9.97 Å². The van der Waals surface area contributed by atoms with Crippen LogP contribution in [0.5, 0.6) is 17.4 Å². The number of ether oxygens (including phenoxy) is 2. The first-order valence-electron chi connectivity index (χ1n) is 5.33. The summed E-state index contributed by atoms with van der Waals surface area (Å²) in [5.74, 6) is -0.0541. The summed E-state index contributed by atoms with van der Waals surface area (Å²) in [5, 5.41) is 8.57. The molecule has 0 spiro atoms. The minimum absolute atomic E-state index is 0.0685. The average molecular weight is 360 g/mol. The highest BCUT2D eigenvalue weighted by molar-refractivity contribution is 9.10. The van der Waals surface area contributed by atoms with Gasteiger partial charge in [0.1, 0.15) is 17.6 Å². The van der Waals surface area contributed by atoms with E-state index in [0.717, 1.165) is 6.07 Å². The number of benzene rings is 1. The molecule has 5 nitrogen and oxygen atoms in total. The van der Waals surface area contributed by atoms with Crippen molar-refractivity contribution in [3.63, 3.8) is 0 Å². The van der Waals surface area contributed by atoms with Gasteiger partial charge in [0.25, 0.3) is 0 Å². The molecule has 0 fully saturated rings. The summed E-state index contributed by atoms with van der Waals surface area (Å²) in [4.78, 5) is 7.57. The summed E-state index contributed by atoms with van der Waals surface area (Å²) in [6.07, 6.45) is -2.33. The van der Waals surface area contributed by atoms with Crippen molar-refractivity contribution in [3.8, 4) is 23.4 Å². The molecule has 0 radical (unpaired) electrons. The van der Waals surface area contributed by atoms with E-state index in [9.17, 15) is 13.2 Å². The van der Waals surface area contributed by atoms with E-state index in [2.05, 4.69) is 30.6 Å². The van der Waals surface area contributed by atoms with Gasteiger partial charge in [0.15, 0.2) is 5.69 Å². The molecule has 0 bridgehead atoms. The first kappa shape index (κ1) is 15.1. The maximum atomic E-state index is 12.1. The topological polar surface area (TPSA) is 68.0 Å². The normalized spacial score (nSPS) is 10.8. The Kier molecular flexibility index (Phi) is 4.28. The largest absolute Gasteiger partial charge is 0.573 e. The zero-order valence-electron chi connectivity index (χ0n) is 10.1. The lowest BCUT2D eigenvalue weighted by molar-refractivity contribution is -0.274. The predicted molar refractivity (Wildman–Crippen MR) is 67.6 cm³/mol. The second kappa shape index (κ2) is 5.97. The molecular formula is C12H5BrF3N3O2. The molecular weight excluding hydrogens is 355 g/mol. The van der Waals surface area contributed by atoms with E-state index in [1.54, 1.807) is 6.07 Å². The van der Waals surface area contributed by atoms with E-state index >= 15 is 0 Å². The summed E-state index contributed by atoms with van der Waals surface area (Å²) < 4.78 is 45.5. The van der Waals surface area contributed by atoms with Crippen molar-refractivity contribution in [2.75, 3.05) is 0 Å². The number of hydrogen-bond acceptors (Lipinski definition) is 5. The lowest BCUT2D eigenvalue weighted by atomic mass is 10.3. The van der Waals surface area contributed by atoms with E-state index in [0.29, 0.717) is 0 Å². The Morgan fingerprint density at radius 3 is 2.48 bits per heavy atom. The fourth-order valence-corrected chi connectivity index (χ4v) is 1.74. The molecule has 9 heteroatoms. The molecule has 0 unspecified atom stereocenters. The Bertz CT molecular complexity index is 684.